The Morgan fingerprint density at radius 2 is 1.90 bits per heavy atom. The predicted octanol–water partition coefficient (Wildman–Crippen LogP) is 3.95. The van der Waals surface area contributed by atoms with Gasteiger partial charge in [-0.05, 0) is 37.8 Å². The number of thioether (sulfide) groups is 1. The molecule has 0 spiro atoms. The molecule has 2 saturated heterocycles. The maximum atomic E-state index is 13.0. The van der Waals surface area contributed by atoms with E-state index in [2.05, 4.69) is 11.8 Å². The van der Waals surface area contributed by atoms with E-state index in [9.17, 15) is 14.9 Å². The molecule has 0 aliphatic carbocycles. The molecule has 3 rings (SSSR count). The Morgan fingerprint density at radius 1 is 1.20 bits per heavy atom. The van der Waals surface area contributed by atoms with Gasteiger partial charge in [-0.15, -0.1) is 0 Å². The minimum absolute atomic E-state index is 0.0827. The molecule has 30 heavy (non-hydrogen) atoms. The molecule has 0 bridgehead atoms. The van der Waals surface area contributed by atoms with Crippen molar-refractivity contribution in [2.75, 3.05) is 24.5 Å². The highest BCUT2D eigenvalue weighted by Gasteiger charge is 2.33. The molecule has 1 amide bonds. The predicted molar refractivity (Wildman–Crippen MR) is 127 cm³/mol. The Hall–Kier alpha value is -2.11. The molecule has 0 radical (unpaired) electrons. The van der Waals surface area contributed by atoms with Gasteiger partial charge in [-0.1, -0.05) is 50.2 Å². The number of hydrogen-bond acceptors (Lipinski definition) is 6. The largest absolute Gasteiger partial charge is 0.357 e. The van der Waals surface area contributed by atoms with Crippen molar-refractivity contribution in [1.29, 1.82) is 5.26 Å². The van der Waals surface area contributed by atoms with Gasteiger partial charge in [0.25, 0.3) is 11.5 Å². The third-order valence-corrected chi connectivity index (χ3v) is 7.14. The lowest BCUT2D eigenvalue weighted by Crippen LogP contribution is -2.31. The lowest BCUT2D eigenvalue weighted by Gasteiger charge is -2.25. The zero-order valence-electron chi connectivity index (χ0n) is 17.9. The number of hydrogen-bond donors (Lipinski definition) is 0. The summed E-state index contributed by atoms with van der Waals surface area (Å²) < 4.78 is 2.13. The van der Waals surface area contributed by atoms with Gasteiger partial charge in [-0.3, -0.25) is 19.1 Å². The summed E-state index contributed by atoms with van der Waals surface area (Å²) in [4.78, 5) is 30.2. The van der Waals surface area contributed by atoms with Gasteiger partial charge in [0.15, 0.2) is 0 Å². The molecule has 2 aliphatic heterocycles. The van der Waals surface area contributed by atoms with Crippen LogP contribution in [0.3, 0.4) is 0 Å². The fourth-order valence-electron chi connectivity index (χ4n) is 4.04. The summed E-state index contributed by atoms with van der Waals surface area (Å²) in [7, 11) is 1.70. The van der Waals surface area contributed by atoms with E-state index in [-0.39, 0.29) is 17.0 Å². The van der Waals surface area contributed by atoms with E-state index >= 15 is 0 Å². The van der Waals surface area contributed by atoms with Crippen LogP contribution < -0.4 is 10.5 Å². The first kappa shape index (κ1) is 22.6. The van der Waals surface area contributed by atoms with E-state index in [1.807, 2.05) is 12.1 Å². The van der Waals surface area contributed by atoms with Crippen molar-refractivity contribution in [2.45, 2.75) is 52.4 Å². The molecule has 1 aromatic rings. The zero-order valence-corrected chi connectivity index (χ0v) is 19.5. The third-order valence-electron chi connectivity index (χ3n) is 5.76. The highest BCUT2D eigenvalue weighted by molar-refractivity contribution is 8.26. The van der Waals surface area contributed by atoms with E-state index in [1.54, 1.807) is 23.4 Å². The van der Waals surface area contributed by atoms with Gasteiger partial charge in [0.05, 0.1) is 4.91 Å². The molecule has 0 N–H and O–H groups in total. The third kappa shape index (κ3) is 4.33. The molecule has 2 aliphatic rings. The van der Waals surface area contributed by atoms with Gasteiger partial charge < -0.3 is 4.90 Å². The molecule has 8 heteroatoms. The molecule has 0 unspecified atom stereocenters. The number of amides is 1. The fourth-order valence-corrected chi connectivity index (χ4v) is 5.33. The standard InChI is InChI=1S/C22H28N4O2S2/c1-4-5-6-7-12-26-21(28)18(30-22(26)29)13-16-15(2)17(14-23)20(27)24(3)19(16)25-10-8-9-11-25/h13H,4-12H2,1-3H3/b18-13+. The lowest BCUT2D eigenvalue weighted by molar-refractivity contribution is -0.122. The maximum Gasteiger partial charge on any atom is 0.270 e. The minimum Gasteiger partial charge on any atom is -0.357 e. The highest BCUT2D eigenvalue weighted by atomic mass is 32.2. The summed E-state index contributed by atoms with van der Waals surface area (Å²) in [5, 5.41) is 9.54. The normalized spacial score (nSPS) is 18.0. The van der Waals surface area contributed by atoms with Crippen LogP contribution in [0.4, 0.5) is 5.82 Å². The Morgan fingerprint density at radius 3 is 2.53 bits per heavy atom. The molecule has 6 nitrogen and oxygen atoms in total. The van der Waals surface area contributed by atoms with Crippen molar-refractivity contribution >= 4 is 46.1 Å². The first-order chi connectivity index (χ1) is 14.4. The van der Waals surface area contributed by atoms with Crippen LogP contribution in [0.25, 0.3) is 6.08 Å². The van der Waals surface area contributed by atoms with Crippen molar-refractivity contribution in [1.82, 2.24) is 9.47 Å². The van der Waals surface area contributed by atoms with Crippen molar-refractivity contribution < 1.29 is 4.79 Å². The fraction of sp³-hybridized carbons (Fsp3) is 0.545. The number of carbonyl (C=O) groups is 1. The average molecular weight is 445 g/mol. The highest BCUT2D eigenvalue weighted by Crippen LogP contribution is 2.36. The van der Waals surface area contributed by atoms with Crippen molar-refractivity contribution in [3.8, 4) is 6.07 Å². The van der Waals surface area contributed by atoms with E-state index in [1.165, 1.54) is 11.8 Å². The van der Waals surface area contributed by atoms with Gasteiger partial charge >= 0.3 is 0 Å². The Kier molecular flexibility index (Phi) is 7.37. The number of nitrogens with zero attached hydrogens (tertiary/aromatic N) is 4. The first-order valence-corrected chi connectivity index (χ1v) is 11.8. The Labute approximate surface area is 187 Å². The maximum absolute atomic E-state index is 13.0. The van der Waals surface area contributed by atoms with Gasteiger partial charge in [0.2, 0.25) is 0 Å². The minimum atomic E-state index is -0.294. The summed E-state index contributed by atoms with van der Waals surface area (Å²) >= 11 is 6.77. The number of unbranched alkanes of at least 4 members (excludes halogenated alkanes) is 3. The smallest absolute Gasteiger partial charge is 0.270 e. The van der Waals surface area contributed by atoms with E-state index in [4.69, 9.17) is 12.2 Å². The number of aromatic nitrogens is 1. The van der Waals surface area contributed by atoms with Crippen molar-refractivity contribution in [3.05, 3.63) is 31.9 Å². The number of nitriles is 1. The summed E-state index contributed by atoms with van der Waals surface area (Å²) in [6.45, 7) is 6.30. The second-order valence-corrected chi connectivity index (χ2v) is 9.48. The molecular weight excluding hydrogens is 416 g/mol. The van der Waals surface area contributed by atoms with Gasteiger partial charge in [0, 0.05) is 32.2 Å². The molecule has 3 heterocycles. The van der Waals surface area contributed by atoms with Crippen molar-refractivity contribution in [3.63, 3.8) is 0 Å². The number of pyridine rings is 1. The van der Waals surface area contributed by atoms with Crippen LogP contribution in [-0.4, -0.2) is 39.3 Å². The van der Waals surface area contributed by atoms with Gasteiger partial charge in [-0.25, -0.2) is 0 Å². The SMILES string of the molecule is CCCCCCN1C(=O)/C(=C\c2c(C)c(C#N)c(=O)n(C)c2N2CCCC2)SC1=S. The number of thiocarbonyl (C=S) groups is 1. The van der Waals surface area contributed by atoms with Crippen LogP contribution in [0.15, 0.2) is 9.70 Å². The van der Waals surface area contributed by atoms with Crippen LogP contribution in [0, 0.1) is 18.3 Å². The van der Waals surface area contributed by atoms with Crippen LogP contribution in [0.1, 0.15) is 62.1 Å². The summed E-state index contributed by atoms with van der Waals surface area (Å²) in [6.07, 6.45) is 8.26. The van der Waals surface area contributed by atoms with Crippen molar-refractivity contribution in [2.24, 2.45) is 7.05 Å². The van der Waals surface area contributed by atoms with Gasteiger partial charge in [0.1, 0.15) is 21.8 Å². The number of rotatable bonds is 7. The van der Waals surface area contributed by atoms with Crippen LogP contribution in [-0.2, 0) is 11.8 Å². The Balaban J connectivity index is 2.01. The molecular formula is C22H28N4O2S2. The van der Waals surface area contributed by atoms with Gasteiger partial charge in [-0.2, -0.15) is 5.26 Å². The molecule has 1 aromatic heterocycles. The Bertz CT molecular complexity index is 984. The quantitative estimate of drug-likeness (QED) is 0.360. The molecule has 0 atom stereocenters. The summed E-state index contributed by atoms with van der Waals surface area (Å²) in [5.41, 5.74) is 1.22. The second-order valence-electron chi connectivity index (χ2n) is 7.80. The zero-order chi connectivity index (χ0) is 21.8. The average Bonchev–Trinajstić information content (AvgIpc) is 3.33. The van der Waals surface area contributed by atoms with Crippen LogP contribution in [0.2, 0.25) is 0 Å². The summed E-state index contributed by atoms with van der Waals surface area (Å²) in [6, 6.07) is 2.05. The van der Waals surface area contributed by atoms with Crippen LogP contribution in [0.5, 0.6) is 0 Å². The summed E-state index contributed by atoms with van der Waals surface area (Å²) in [5.74, 6) is 0.697. The molecule has 0 saturated carbocycles. The number of anilines is 1. The molecule has 0 aromatic carbocycles. The van der Waals surface area contributed by atoms with E-state index in [0.717, 1.165) is 63.0 Å². The first-order valence-electron chi connectivity index (χ1n) is 10.5. The molecule has 2 fully saturated rings. The van der Waals surface area contributed by atoms with E-state index < -0.39 is 0 Å². The second kappa shape index (κ2) is 9.80. The van der Waals surface area contributed by atoms with Crippen LogP contribution >= 0.6 is 24.0 Å². The number of carbonyl (C=O) groups excluding carboxylic acids is 1. The monoisotopic (exact) mass is 444 g/mol. The lowest BCUT2D eigenvalue weighted by atomic mass is 10.0. The van der Waals surface area contributed by atoms with E-state index in [0.29, 0.717) is 21.3 Å². The molecule has 160 valence electrons. The topological polar surface area (TPSA) is 69.3 Å².